The average molecular weight is 559 g/mol. The lowest BCUT2D eigenvalue weighted by Gasteiger charge is -2.35. The molecular weight excluding hydrogens is 527 g/mol. The molecule has 2 atom stereocenters. The molecule has 0 spiro atoms. The SMILES string of the molecule is COCCN1CCN(c2nc(Nc3cc(C4CC4)n[nH]3)nc(N3C[C@H](F)C[C@H]3C(=O)Nc3ncns3)n2)CC1. The van der Waals surface area contributed by atoms with Gasteiger partial charge in [-0.1, -0.05) is 0 Å². The highest BCUT2D eigenvalue weighted by Gasteiger charge is 2.39. The molecule has 208 valence electrons. The lowest BCUT2D eigenvalue weighted by Crippen LogP contribution is -2.48. The van der Waals surface area contributed by atoms with Crippen LogP contribution in [0.15, 0.2) is 12.4 Å². The maximum absolute atomic E-state index is 14.7. The van der Waals surface area contributed by atoms with Crippen molar-refractivity contribution < 1.29 is 13.9 Å². The summed E-state index contributed by atoms with van der Waals surface area (Å²) >= 11 is 1.06. The van der Waals surface area contributed by atoms with E-state index in [-0.39, 0.29) is 24.8 Å². The Bertz CT molecular complexity index is 1260. The third-order valence-corrected chi connectivity index (χ3v) is 7.70. The maximum Gasteiger partial charge on any atom is 0.249 e. The number of hydrogen-bond donors (Lipinski definition) is 3. The first kappa shape index (κ1) is 25.8. The molecule has 0 unspecified atom stereocenters. The number of carbonyl (C=O) groups excluding carboxylic acids is 1. The van der Waals surface area contributed by atoms with Crippen LogP contribution in [0, 0.1) is 0 Å². The maximum atomic E-state index is 14.7. The Morgan fingerprint density at radius 3 is 2.77 bits per heavy atom. The average Bonchev–Trinajstić information content (AvgIpc) is 3.28. The van der Waals surface area contributed by atoms with Gasteiger partial charge in [0.15, 0.2) is 0 Å². The predicted octanol–water partition coefficient (Wildman–Crippen LogP) is 1.39. The van der Waals surface area contributed by atoms with Crippen molar-refractivity contribution in [2.24, 2.45) is 0 Å². The molecule has 3 aromatic heterocycles. The van der Waals surface area contributed by atoms with Gasteiger partial charge in [-0.2, -0.15) is 24.4 Å². The van der Waals surface area contributed by atoms with E-state index >= 15 is 0 Å². The Kier molecular flexibility index (Phi) is 7.47. The molecule has 39 heavy (non-hydrogen) atoms. The first-order valence-corrected chi connectivity index (χ1v) is 13.9. The number of methoxy groups -OCH3 is 1. The van der Waals surface area contributed by atoms with Crippen LogP contribution in [-0.4, -0.2) is 111 Å². The first-order valence-electron chi connectivity index (χ1n) is 13.1. The summed E-state index contributed by atoms with van der Waals surface area (Å²) in [5, 5.41) is 13.7. The molecular formula is C23H31FN12O2S. The molecule has 3 aromatic rings. The van der Waals surface area contributed by atoms with E-state index in [2.05, 4.69) is 45.0 Å². The summed E-state index contributed by atoms with van der Waals surface area (Å²) in [4.78, 5) is 37.2. The van der Waals surface area contributed by atoms with Gasteiger partial charge in [0.05, 0.1) is 18.8 Å². The van der Waals surface area contributed by atoms with Crippen LogP contribution in [0.3, 0.4) is 0 Å². The number of anilines is 5. The molecule has 14 nitrogen and oxygen atoms in total. The number of amides is 1. The second-order valence-electron chi connectivity index (χ2n) is 9.92. The largest absolute Gasteiger partial charge is 0.383 e. The van der Waals surface area contributed by atoms with Crippen molar-refractivity contribution >= 4 is 46.2 Å². The monoisotopic (exact) mass is 558 g/mol. The summed E-state index contributed by atoms with van der Waals surface area (Å²) in [5.74, 6) is 1.80. The molecule has 0 radical (unpaired) electrons. The van der Waals surface area contributed by atoms with Gasteiger partial charge < -0.3 is 19.9 Å². The molecule has 3 aliphatic rings. The quantitative estimate of drug-likeness (QED) is 0.330. The molecule has 2 saturated heterocycles. The van der Waals surface area contributed by atoms with Crippen LogP contribution in [0.5, 0.6) is 0 Å². The lowest BCUT2D eigenvalue weighted by molar-refractivity contribution is -0.117. The highest BCUT2D eigenvalue weighted by molar-refractivity contribution is 7.09. The molecule has 3 fully saturated rings. The Hall–Kier alpha value is -3.50. The Balaban J connectivity index is 1.26. The van der Waals surface area contributed by atoms with E-state index in [1.165, 1.54) is 6.33 Å². The number of ether oxygens (including phenoxy) is 1. The second kappa shape index (κ2) is 11.3. The number of halogens is 1. The standard InChI is InChI=1S/C23H31FN12O2S/c1-38-9-8-34-4-6-35(7-5-34)21-29-20(27-18-11-16(32-33-18)14-2-3-14)30-22(31-21)36-12-15(24)10-17(36)19(37)28-23-25-13-26-39-23/h11,13-15,17H,2-10,12H2,1H3,(H,25,26,28,37)(H2,27,29,30,31,32,33)/t15-,17+/m1/s1. The van der Waals surface area contributed by atoms with Gasteiger partial charge in [-0.25, -0.2) is 9.37 Å². The second-order valence-corrected chi connectivity index (χ2v) is 10.7. The minimum Gasteiger partial charge on any atom is -0.383 e. The molecule has 2 aliphatic heterocycles. The lowest BCUT2D eigenvalue weighted by atomic mass is 10.2. The first-order chi connectivity index (χ1) is 19.1. The van der Waals surface area contributed by atoms with E-state index in [0.29, 0.717) is 35.4 Å². The fourth-order valence-corrected chi connectivity index (χ4v) is 5.29. The molecule has 3 N–H and O–H groups in total. The van der Waals surface area contributed by atoms with Gasteiger partial charge >= 0.3 is 0 Å². The highest BCUT2D eigenvalue weighted by atomic mass is 32.1. The number of H-pyrrole nitrogens is 1. The van der Waals surface area contributed by atoms with Crippen LogP contribution < -0.4 is 20.4 Å². The van der Waals surface area contributed by atoms with E-state index in [0.717, 1.165) is 62.8 Å². The Morgan fingerprint density at radius 2 is 2.03 bits per heavy atom. The van der Waals surface area contributed by atoms with Crippen molar-refractivity contribution in [2.45, 2.75) is 37.4 Å². The number of aromatic amines is 1. The van der Waals surface area contributed by atoms with Crippen LogP contribution in [0.25, 0.3) is 0 Å². The van der Waals surface area contributed by atoms with Crippen molar-refractivity contribution in [1.29, 1.82) is 0 Å². The van der Waals surface area contributed by atoms with Crippen LogP contribution in [0.1, 0.15) is 30.9 Å². The number of nitrogens with one attached hydrogen (secondary N) is 3. The van der Waals surface area contributed by atoms with E-state index in [4.69, 9.17) is 14.7 Å². The molecule has 5 heterocycles. The minimum absolute atomic E-state index is 0.00220. The summed E-state index contributed by atoms with van der Waals surface area (Å²) in [6.45, 7) is 4.64. The number of piperazine rings is 1. The molecule has 1 aliphatic carbocycles. The Labute approximate surface area is 228 Å². The number of alkyl halides is 1. The summed E-state index contributed by atoms with van der Waals surface area (Å²) in [6.07, 6.45) is 2.46. The van der Waals surface area contributed by atoms with Crippen molar-refractivity contribution in [2.75, 3.05) is 73.4 Å². The summed E-state index contributed by atoms with van der Waals surface area (Å²) in [7, 11) is 1.70. The van der Waals surface area contributed by atoms with E-state index in [1.807, 2.05) is 6.07 Å². The van der Waals surface area contributed by atoms with Crippen LogP contribution in [0.4, 0.5) is 33.2 Å². The molecule has 1 amide bonds. The summed E-state index contributed by atoms with van der Waals surface area (Å²) < 4.78 is 23.8. The number of carbonyl (C=O) groups is 1. The zero-order valence-electron chi connectivity index (χ0n) is 21.6. The minimum atomic E-state index is -1.20. The van der Waals surface area contributed by atoms with Crippen molar-refractivity contribution in [3.63, 3.8) is 0 Å². The fraction of sp³-hybridized carbons (Fsp3) is 0.609. The number of rotatable bonds is 10. The van der Waals surface area contributed by atoms with Gasteiger partial charge in [0, 0.05) is 69.8 Å². The highest BCUT2D eigenvalue weighted by Crippen LogP contribution is 2.39. The third kappa shape index (κ3) is 6.07. The molecule has 0 bridgehead atoms. The van der Waals surface area contributed by atoms with Gasteiger partial charge in [0.2, 0.25) is 28.9 Å². The van der Waals surface area contributed by atoms with E-state index in [9.17, 15) is 9.18 Å². The molecule has 6 rings (SSSR count). The van der Waals surface area contributed by atoms with Crippen molar-refractivity contribution in [3.05, 3.63) is 18.1 Å². The smallest absolute Gasteiger partial charge is 0.249 e. The molecule has 16 heteroatoms. The normalized spacial score (nSPS) is 21.9. The van der Waals surface area contributed by atoms with E-state index in [1.54, 1.807) is 12.0 Å². The number of nitrogens with zero attached hydrogens (tertiary/aromatic N) is 9. The molecule has 0 aromatic carbocycles. The van der Waals surface area contributed by atoms with Gasteiger partial charge in [-0.3, -0.25) is 20.1 Å². The summed E-state index contributed by atoms with van der Waals surface area (Å²) in [6, 6.07) is 1.16. The van der Waals surface area contributed by atoms with Crippen LogP contribution in [0.2, 0.25) is 0 Å². The number of hydrogen-bond acceptors (Lipinski definition) is 13. The Morgan fingerprint density at radius 1 is 1.21 bits per heavy atom. The third-order valence-electron chi connectivity index (χ3n) is 7.12. The van der Waals surface area contributed by atoms with Crippen molar-refractivity contribution in [3.8, 4) is 0 Å². The topological polar surface area (TPSA) is 153 Å². The molecule has 1 saturated carbocycles. The van der Waals surface area contributed by atoms with Crippen molar-refractivity contribution in [1.82, 2.24) is 39.4 Å². The van der Waals surface area contributed by atoms with Gasteiger partial charge in [0.1, 0.15) is 24.4 Å². The zero-order chi connectivity index (χ0) is 26.8. The van der Waals surface area contributed by atoms with Gasteiger partial charge in [0.25, 0.3) is 0 Å². The van der Waals surface area contributed by atoms with Gasteiger partial charge in [-0.05, 0) is 12.8 Å². The zero-order valence-corrected chi connectivity index (χ0v) is 22.4. The summed E-state index contributed by atoms with van der Waals surface area (Å²) in [5.41, 5.74) is 1.01. The fourth-order valence-electron chi connectivity index (χ4n) is 4.85. The van der Waals surface area contributed by atoms with Crippen LogP contribution >= 0.6 is 11.5 Å². The predicted molar refractivity (Wildman–Crippen MR) is 143 cm³/mol. The van der Waals surface area contributed by atoms with Crippen LogP contribution in [-0.2, 0) is 9.53 Å². The number of aromatic nitrogens is 7. The van der Waals surface area contributed by atoms with E-state index < -0.39 is 12.2 Å². The van der Waals surface area contributed by atoms with Gasteiger partial charge in [-0.15, -0.1) is 0 Å².